The molecule has 0 aromatic rings. The summed E-state index contributed by atoms with van der Waals surface area (Å²) < 4.78 is 0. The van der Waals surface area contributed by atoms with E-state index in [1.165, 1.54) is 0 Å². The number of rotatable bonds is 3. The quantitative estimate of drug-likeness (QED) is 0.693. The van der Waals surface area contributed by atoms with Gasteiger partial charge in [0.2, 0.25) is 5.78 Å². The van der Waals surface area contributed by atoms with Gasteiger partial charge in [-0.05, 0) is 27.7 Å². The van der Waals surface area contributed by atoms with Crippen LogP contribution in [0.2, 0.25) is 0 Å². The van der Waals surface area contributed by atoms with Gasteiger partial charge in [0.15, 0.2) is 0 Å². The summed E-state index contributed by atoms with van der Waals surface area (Å²) in [6.45, 7) is 6.76. The van der Waals surface area contributed by atoms with E-state index in [1.54, 1.807) is 27.7 Å². The zero-order chi connectivity index (χ0) is 12.7. The van der Waals surface area contributed by atoms with Crippen molar-refractivity contribution in [1.82, 2.24) is 5.06 Å². The topological polar surface area (TPSA) is 90.2 Å². The van der Waals surface area contributed by atoms with Crippen LogP contribution in [0.15, 0.2) is 4.99 Å². The Morgan fingerprint density at radius 3 is 2.12 bits per heavy atom. The van der Waals surface area contributed by atoms with E-state index in [0.717, 1.165) is 5.06 Å². The molecule has 0 unspecified atom stereocenters. The minimum Gasteiger partial charge on any atom is -0.475 e. The number of ketones is 1. The average molecular weight is 228 g/mol. The van der Waals surface area contributed by atoms with Gasteiger partial charge in [0.1, 0.15) is 5.66 Å². The van der Waals surface area contributed by atoms with Crippen molar-refractivity contribution in [1.29, 1.82) is 0 Å². The van der Waals surface area contributed by atoms with Crippen LogP contribution in [0.3, 0.4) is 0 Å². The highest BCUT2D eigenvalue weighted by Gasteiger charge is 2.47. The Labute approximate surface area is 93.5 Å². The summed E-state index contributed by atoms with van der Waals surface area (Å²) >= 11 is 0. The summed E-state index contributed by atoms with van der Waals surface area (Å²) in [6, 6.07) is 0. The SMILES string of the molecule is CC1(C)N=C(CC(=O)C(=O)O)C(C)(C)N1O. The number of aliphatic carboxylic acids is 1. The molecular formula is C10H16N2O4. The first kappa shape index (κ1) is 12.8. The molecule has 1 rings (SSSR count). The van der Waals surface area contributed by atoms with E-state index < -0.39 is 23.0 Å². The van der Waals surface area contributed by atoms with Crippen molar-refractivity contribution in [3.8, 4) is 0 Å². The fourth-order valence-electron chi connectivity index (χ4n) is 1.80. The van der Waals surface area contributed by atoms with Crippen molar-refractivity contribution in [2.75, 3.05) is 0 Å². The first-order valence-electron chi connectivity index (χ1n) is 4.93. The van der Waals surface area contributed by atoms with Crippen LogP contribution in [0.1, 0.15) is 34.1 Å². The van der Waals surface area contributed by atoms with Crippen molar-refractivity contribution in [3.63, 3.8) is 0 Å². The maximum atomic E-state index is 11.1. The number of carbonyl (C=O) groups excluding carboxylic acids is 1. The van der Waals surface area contributed by atoms with Gasteiger partial charge in [0, 0.05) is 5.71 Å². The van der Waals surface area contributed by atoms with Crippen LogP contribution >= 0.6 is 0 Å². The summed E-state index contributed by atoms with van der Waals surface area (Å²) in [5, 5.41) is 19.4. The van der Waals surface area contributed by atoms with E-state index in [0.29, 0.717) is 5.71 Å². The largest absolute Gasteiger partial charge is 0.475 e. The Morgan fingerprint density at radius 2 is 1.81 bits per heavy atom. The van der Waals surface area contributed by atoms with E-state index in [2.05, 4.69) is 4.99 Å². The second kappa shape index (κ2) is 3.64. The molecule has 16 heavy (non-hydrogen) atoms. The third-order valence-electron chi connectivity index (χ3n) is 2.73. The highest BCUT2D eigenvalue weighted by molar-refractivity contribution is 6.37. The molecule has 0 aromatic heterocycles. The standard InChI is InChI=1S/C10H16N2O4/c1-9(2)7(5-6(13)8(14)15)11-10(3,4)12(9)16/h16H,5H2,1-4H3,(H,14,15). The van der Waals surface area contributed by atoms with Crippen LogP contribution in [0, 0.1) is 0 Å². The zero-order valence-corrected chi connectivity index (χ0v) is 9.81. The molecule has 6 heteroatoms. The normalized spacial score (nSPS) is 22.9. The third kappa shape index (κ3) is 1.98. The number of nitrogens with zero attached hydrogens (tertiary/aromatic N) is 2. The molecule has 0 atom stereocenters. The van der Waals surface area contributed by atoms with Crippen molar-refractivity contribution < 1.29 is 19.9 Å². The maximum Gasteiger partial charge on any atom is 0.372 e. The van der Waals surface area contributed by atoms with Gasteiger partial charge in [-0.15, -0.1) is 0 Å². The Morgan fingerprint density at radius 1 is 1.31 bits per heavy atom. The van der Waals surface area contributed by atoms with Crippen LogP contribution in [0.5, 0.6) is 0 Å². The number of hydrogen-bond acceptors (Lipinski definition) is 5. The lowest BCUT2D eigenvalue weighted by atomic mass is 9.94. The van der Waals surface area contributed by atoms with Gasteiger partial charge in [0.25, 0.3) is 0 Å². The fraction of sp³-hybridized carbons (Fsp3) is 0.700. The van der Waals surface area contributed by atoms with E-state index in [4.69, 9.17) is 5.11 Å². The summed E-state index contributed by atoms with van der Waals surface area (Å²) in [5.74, 6) is -2.40. The minimum absolute atomic E-state index is 0.275. The molecule has 0 aromatic carbocycles. The predicted octanol–water partition coefficient (Wildman–Crippen LogP) is 0.691. The van der Waals surface area contributed by atoms with Crippen LogP contribution < -0.4 is 0 Å². The lowest BCUT2D eigenvalue weighted by Crippen LogP contribution is -2.50. The molecule has 0 fully saturated rings. The molecule has 0 bridgehead atoms. The molecule has 1 aliphatic rings. The smallest absolute Gasteiger partial charge is 0.372 e. The molecule has 0 saturated heterocycles. The van der Waals surface area contributed by atoms with Gasteiger partial charge in [0.05, 0.1) is 12.0 Å². The molecular weight excluding hydrogens is 212 g/mol. The molecule has 2 N–H and O–H groups in total. The highest BCUT2D eigenvalue weighted by Crippen LogP contribution is 2.33. The van der Waals surface area contributed by atoms with Crippen LogP contribution in [-0.2, 0) is 9.59 Å². The average Bonchev–Trinajstić information content (AvgIpc) is 2.27. The number of Topliss-reactive ketones (excluding diaryl/α,β-unsaturated/α-hetero) is 1. The Bertz CT molecular complexity index is 371. The third-order valence-corrected chi connectivity index (χ3v) is 2.73. The van der Waals surface area contributed by atoms with E-state index in [1.807, 2.05) is 0 Å². The van der Waals surface area contributed by atoms with Crippen molar-refractivity contribution in [3.05, 3.63) is 0 Å². The first-order valence-corrected chi connectivity index (χ1v) is 4.93. The number of carbonyl (C=O) groups is 2. The van der Waals surface area contributed by atoms with Gasteiger partial charge < -0.3 is 10.3 Å². The Kier molecular flexibility index (Phi) is 2.91. The molecule has 1 aliphatic heterocycles. The predicted molar refractivity (Wildman–Crippen MR) is 56.5 cm³/mol. The molecule has 1 heterocycles. The van der Waals surface area contributed by atoms with Crippen molar-refractivity contribution in [2.45, 2.75) is 45.3 Å². The number of hydrogen-bond donors (Lipinski definition) is 2. The van der Waals surface area contributed by atoms with E-state index in [9.17, 15) is 14.8 Å². The lowest BCUT2D eigenvalue weighted by Gasteiger charge is -2.33. The fourth-order valence-corrected chi connectivity index (χ4v) is 1.80. The zero-order valence-electron chi connectivity index (χ0n) is 9.81. The van der Waals surface area contributed by atoms with Gasteiger partial charge in [-0.1, -0.05) is 0 Å². The Balaban J connectivity index is 2.97. The van der Waals surface area contributed by atoms with Gasteiger partial charge in [-0.3, -0.25) is 9.79 Å². The van der Waals surface area contributed by atoms with E-state index >= 15 is 0 Å². The van der Waals surface area contributed by atoms with Gasteiger partial charge in [-0.25, -0.2) is 4.79 Å². The lowest BCUT2D eigenvalue weighted by molar-refractivity contribution is -0.188. The summed E-state index contributed by atoms with van der Waals surface area (Å²) in [6.07, 6.45) is -0.275. The summed E-state index contributed by atoms with van der Waals surface area (Å²) in [4.78, 5) is 25.8. The minimum atomic E-state index is -1.48. The van der Waals surface area contributed by atoms with E-state index in [-0.39, 0.29) is 6.42 Å². The van der Waals surface area contributed by atoms with Crippen molar-refractivity contribution in [2.24, 2.45) is 4.99 Å². The molecule has 0 spiro atoms. The monoisotopic (exact) mass is 228 g/mol. The molecule has 90 valence electrons. The summed E-state index contributed by atoms with van der Waals surface area (Å²) in [5.41, 5.74) is -1.28. The van der Waals surface area contributed by atoms with Crippen LogP contribution in [0.4, 0.5) is 0 Å². The second-order valence-electron chi connectivity index (χ2n) is 4.83. The molecule has 0 aliphatic carbocycles. The molecule has 0 radical (unpaired) electrons. The van der Waals surface area contributed by atoms with Gasteiger partial charge >= 0.3 is 5.97 Å². The first-order chi connectivity index (χ1) is 7.09. The Hall–Kier alpha value is -1.27. The molecule has 0 amide bonds. The van der Waals surface area contributed by atoms with Crippen LogP contribution in [0.25, 0.3) is 0 Å². The summed E-state index contributed by atoms with van der Waals surface area (Å²) in [7, 11) is 0. The molecule has 0 saturated carbocycles. The number of hydroxylamine groups is 2. The number of carboxylic acid groups (broad SMARTS) is 1. The van der Waals surface area contributed by atoms with Crippen LogP contribution in [-0.4, -0.2) is 44.0 Å². The number of aliphatic imine (C=N–C) groups is 1. The number of carboxylic acids is 1. The molecule has 6 nitrogen and oxygen atoms in total. The van der Waals surface area contributed by atoms with Gasteiger partial charge in [-0.2, -0.15) is 5.06 Å². The maximum absolute atomic E-state index is 11.1. The van der Waals surface area contributed by atoms with Crippen molar-refractivity contribution >= 4 is 17.5 Å². The second-order valence-corrected chi connectivity index (χ2v) is 4.83. The highest BCUT2D eigenvalue weighted by atomic mass is 16.5.